The maximum Gasteiger partial charge on any atom is 0.328 e. The molecule has 1 N–H and O–H groups in total. The van der Waals surface area contributed by atoms with Gasteiger partial charge in [0.05, 0.1) is 12.7 Å². The molecular weight excluding hydrogens is 246 g/mol. The van der Waals surface area contributed by atoms with Crippen molar-refractivity contribution in [2.24, 2.45) is 5.92 Å². The minimum absolute atomic E-state index is 0.0207. The molecule has 0 aromatic carbocycles. The van der Waals surface area contributed by atoms with Gasteiger partial charge >= 0.3 is 5.97 Å². The van der Waals surface area contributed by atoms with Crippen LogP contribution in [0.4, 0.5) is 0 Å². The second kappa shape index (κ2) is 6.50. The van der Waals surface area contributed by atoms with Gasteiger partial charge in [-0.15, -0.1) is 0 Å². The number of nitrogens with zero attached hydrogens (tertiary/aromatic N) is 2. The van der Waals surface area contributed by atoms with Crippen LogP contribution >= 0.6 is 0 Å². The van der Waals surface area contributed by atoms with Crippen molar-refractivity contribution in [2.45, 2.75) is 19.9 Å². The Morgan fingerprint density at radius 2 is 2.16 bits per heavy atom. The Bertz CT molecular complexity index is 520. The van der Waals surface area contributed by atoms with Gasteiger partial charge in [0, 0.05) is 6.20 Å². The maximum atomic E-state index is 12.0. The number of carbonyl (C=O) groups is 2. The van der Waals surface area contributed by atoms with Crippen LogP contribution in [0, 0.1) is 17.2 Å². The maximum absolute atomic E-state index is 12.0. The third kappa shape index (κ3) is 3.52. The van der Waals surface area contributed by atoms with E-state index in [9.17, 15) is 9.59 Å². The number of nitrogens with one attached hydrogen (secondary N) is 1. The number of aromatic nitrogens is 1. The van der Waals surface area contributed by atoms with E-state index < -0.39 is 17.9 Å². The van der Waals surface area contributed by atoms with Gasteiger partial charge in [-0.05, 0) is 18.1 Å². The average Bonchev–Trinajstić information content (AvgIpc) is 2.43. The van der Waals surface area contributed by atoms with E-state index in [1.807, 2.05) is 6.07 Å². The highest BCUT2D eigenvalue weighted by Gasteiger charge is 2.26. The molecule has 0 radical (unpaired) electrons. The van der Waals surface area contributed by atoms with Crippen molar-refractivity contribution in [2.75, 3.05) is 7.11 Å². The number of esters is 1. The quantitative estimate of drug-likeness (QED) is 0.812. The van der Waals surface area contributed by atoms with Crippen molar-refractivity contribution in [3.63, 3.8) is 0 Å². The molecule has 19 heavy (non-hydrogen) atoms. The van der Waals surface area contributed by atoms with Crippen molar-refractivity contribution < 1.29 is 14.3 Å². The lowest BCUT2D eigenvalue weighted by Gasteiger charge is -2.19. The van der Waals surface area contributed by atoms with Crippen molar-refractivity contribution in [1.82, 2.24) is 10.3 Å². The Morgan fingerprint density at radius 3 is 2.68 bits per heavy atom. The second-order valence-corrected chi connectivity index (χ2v) is 4.23. The van der Waals surface area contributed by atoms with E-state index in [1.54, 1.807) is 19.9 Å². The van der Waals surface area contributed by atoms with Crippen LogP contribution in [0.3, 0.4) is 0 Å². The lowest BCUT2D eigenvalue weighted by atomic mass is 10.0. The monoisotopic (exact) mass is 261 g/mol. The van der Waals surface area contributed by atoms with Gasteiger partial charge in [0.1, 0.15) is 12.1 Å². The van der Waals surface area contributed by atoms with Gasteiger partial charge in [0.25, 0.3) is 5.91 Å². The summed E-state index contributed by atoms with van der Waals surface area (Å²) in [5, 5.41) is 11.4. The molecule has 1 heterocycles. The van der Waals surface area contributed by atoms with E-state index in [0.29, 0.717) is 0 Å². The van der Waals surface area contributed by atoms with Crippen molar-refractivity contribution >= 4 is 11.9 Å². The molecular formula is C13H15N3O3. The highest BCUT2D eigenvalue weighted by atomic mass is 16.5. The smallest absolute Gasteiger partial charge is 0.328 e. The van der Waals surface area contributed by atoms with Crippen LogP contribution in [0.15, 0.2) is 18.3 Å². The molecule has 1 aromatic heterocycles. The molecule has 6 nitrogen and oxygen atoms in total. The molecule has 0 fully saturated rings. The molecule has 6 heteroatoms. The van der Waals surface area contributed by atoms with Crippen molar-refractivity contribution in [3.8, 4) is 6.07 Å². The van der Waals surface area contributed by atoms with Gasteiger partial charge in [0.15, 0.2) is 5.69 Å². The van der Waals surface area contributed by atoms with Crippen molar-refractivity contribution in [3.05, 3.63) is 29.6 Å². The molecule has 0 aliphatic carbocycles. The summed E-state index contributed by atoms with van der Waals surface area (Å²) < 4.78 is 4.63. The Kier molecular flexibility index (Phi) is 5.01. The minimum atomic E-state index is -0.760. The summed E-state index contributed by atoms with van der Waals surface area (Å²) in [4.78, 5) is 27.4. The summed E-state index contributed by atoms with van der Waals surface area (Å²) in [5.74, 6) is -1.17. The summed E-state index contributed by atoms with van der Waals surface area (Å²) in [7, 11) is 1.26. The number of pyridine rings is 1. The van der Waals surface area contributed by atoms with E-state index in [1.165, 1.54) is 19.4 Å². The second-order valence-electron chi connectivity index (χ2n) is 4.23. The molecule has 0 aliphatic rings. The Hall–Kier alpha value is -2.42. The van der Waals surface area contributed by atoms with Gasteiger partial charge in [0.2, 0.25) is 0 Å². The minimum Gasteiger partial charge on any atom is -0.467 e. The number of methoxy groups -OCH3 is 1. The summed E-state index contributed by atoms with van der Waals surface area (Å²) in [6.07, 6.45) is 1.43. The zero-order valence-electron chi connectivity index (χ0n) is 11.0. The Balaban J connectivity index is 2.95. The highest BCUT2D eigenvalue weighted by molar-refractivity contribution is 5.98. The van der Waals surface area contributed by atoms with Crippen LogP contribution in [0.25, 0.3) is 0 Å². The van der Waals surface area contributed by atoms with Gasteiger partial charge in [-0.1, -0.05) is 13.8 Å². The van der Waals surface area contributed by atoms with Gasteiger partial charge in [-0.3, -0.25) is 4.79 Å². The highest BCUT2D eigenvalue weighted by Crippen LogP contribution is 2.08. The Labute approximate surface area is 111 Å². The van der Waals surface area contributed by atoms with E-state index in [4.69, 9.17) is 5.26 Å². The predicted octanol–water partition coefficient (Wildman–Crippen LogP) is 0.881. The van der Waals surface area contributed by atoms with E-state index in [-0.39, 0.29) is 17.2 Å². The molecule has 1 amide bonds. The van der Waals surface area contributed by atoms with Crippen LogP contribution in [0.1, 0.15) is 29.9 Å². The van der Waals surface area contributed by atoms with Gasteiger partial charge in [-0.2, -0.15) is 5.26 Å². The van der Waals surface area contributed by atoms with Gasteiger partial charge in [-0.25, -0.2) is 9.78 Å². The first-order valence-electron chi connectivity index (χ1n) is 5.75. The lowest BCUT2D eigenvalue weighted by Crippen LogP contribution is -2.45. The summed E-state index contributed by atoms with van der Waals surface area (Å²) >= 11 is 0. The molecule has 1 atom stereocenters. The molecule has 0 unspecified atom stereocenters. The van der Waals surface area contributed by atoms with E-state index in [2.05, 4.69) is 15.0 Å². The standard InChI is InChI=1S/C13H15N3O3/c1-8(2)11(13(18)19-3)16-12(17)9-5-4-6-15-10(9)7-14/h4-6,8,11H,1-3H3,(H,16,17)/t11-/m0/s1. The average molecular weight is 261 g/mol. The third-order valence-electron chi connectivity index (χ3n) is 2.57. The predicted molar refractivity (Wildman–Crippen MR) is 67.1 cm³/mol. The summed E-state index contributed by atoms with van der Waals surface area (Å²) in [5.41, 5.74) is 0.159. The normalized spacial score (nSPS) is 11.5. The van der Waals surface area contributed by atoms with Crippen LogP contribution in [0.5, 0.6) is 0 Å². The molecule has 0 saturated carbocycles. The largest absolute Gasteiger partial charge is 0.467 e. The fourth-order valence-electron chi connectivity index (χ4n) is 1.52. The number of rotatable bonds is 4. The number of hydrogen-bond donors (Lipinski definition) is 1. The van der Waals surface area contributed by atoms with Crippen LogP contribution < -0.4 is 5.32 Å². The first-order chi connectivity index (χ1) is 9.01. The van der Waals surface area contributed by atoms with Crippen LogP contribution in [-0.2, 0) is 9.53 Å². The molecule has 1 aromatic rings. The van der Waals surface area contributed by atoms with Crippen molar-refractivity contribution in [1.29, 1.82) is 5.26 Å². The molecule has 0 bridgehead atoms. The molecule has 0 saturated heterocycles. The molecule has 1 rings (SSSR count). The fourth-order valence-corrected chi connectivity index (χ4v) is 1.52. The Morgan fingerprint density at radius 1 is 1.47 bits per heavy atom. The number of nitriles is 1. The fraction of sp³-hybridized carbons (Fsp3) is 0.385. The van der Waals surface area contributed by atoms with Crippen LogP contribution in [0.2, 0.25) is 0 Å². The zero-order valence-corrected chi connectivity index (χ0v) is 11.0. The van der Waals surface area contributed by atoms with E-state index in [0.717, 1.165) is 0 Å². The van der Waals surface area contributed by atoms with Gasteiger partial charge < -0.3 is 10.1 Å². The van der Waals surface area contributed by atoms with E-state index >= 15 is 0 Å². The number of carbonyl (C=O) groups excluding carboxylic acids is 2. The first-order valence-corrected chi connectivity index (χ1v) is 5.75. The number of hydrogen-bond acceptors (Lipinski definition) is 5. The number of ether oxygens (including phenoxy) is 1. The third-order valence-corrected chi connectivity index (χ3v) is 2.57. The molecule has 0 aliphatic heterocycles. The summed E-state index contributed by atoms with van der Waals surface area (Å²) in [6, 6.07) is 4.11. The number of amides is 1. The first kappa shape index (κ1) is 14.6. The summed E-state index contributed by atoms with van der Waals surface area (Å²) in [6.45, 7) is 3.58. The molecule has 100 valence electrons. The SMILES string of the molecule is COC(=O)[C@@H](NC(=O)c1cccnc1C#N)C(C)C. The topological polar surface area (TPSA) is 92.1 Å². The van der Waals surface area contributed by atoms with Crippen LogP contribution in [-0.4, -0.2) is 30.0 Å². The molecule has 0 spiro atoms. The zero-order chi connectivity index (χ0) is 14.4. The lowest BCUT2D eigenvalue weighted by molar-refractivity contribution is -0.144.